The SMILES string of the molecule is Cc1nc(-c2ccncc2)sc1CC(=O)NCCC1=CCCCC1. The molecular formula is C19H23N3OS. The molecule has 5 heteroatoms. The standard InChI is InChI=1S/C19H23N3OS/c1-14-17(24-19(22-14)16-8-10-20-11-9-16)13-18(23)21-12-7-15-5-3-2-4-6-15/h5,8-11H,2-4,6-7,12-13H2,1H3,(H,21,23). The first kappa shape index (κ1) is 16.8. The number of aromatic nitrogens is 2. The lowest BCUT2D eigenvalue weighted by molar-refractivity contribution is -0.120. The number of thiazole rings is 1. The van der Waals surface area contributed by atoms with E-state index >= 15 is 0 Å². The van der Waals surface area contributed by atoms with Crippen LogP contribution in [0.5, 0.6) is 0 Å². The van der Waals surface area contributed by atoms with Crippen molar-refractivity contribution in [1.82, 2.24) is 15.3 Å². The van der Waals surface area contributed by atoms with Gasteiger partial charge in [-0.05, 0) is 51.2 Å². The van der Waals surface area contributed by atoms with Crippen LogP contribution in [0.1, 0.15) is 42.7 Å². The van der Waals surface area contributed by atoms with E-state index in [0.29, 0.717) is 6.42 Å². The van der Waals surface area contributed by atoms with Gasteiger partial charge in [0.2, 0.25) is 5.91 Å². The zero-order valence-corrected chi connectivity index (χ0v) is 14.9. The Labute approximate surface area is 147 Å². The molecular weight excluding hydrogens is 318 g/mol. The maximum Gasteiger partial charge on any atom is 0.225 e. The molecule has 2 aromatic heterocycles. The minimum absolute atomic E-state index is 0.0828. The molecule has 1 aliphatic rings. The van der Waals surface area contributed by atoms with Crippen LogP contribution in [-0.2, 0) is 11.2 Å². The van der Waals surface area contributed by atoms with Gasteiger partial charge >= 0.3 is 0 Å². The largest absolute Gasteiger partial charge is 0.355 e. The molecule has 0 atom stereocenters. The van der Waals surface area contributed by atoms with Crippen molar-refractivity contribution in [2.45, 2.75) is 45.4 Å². The first-order chi connectivity index (χ1) is 11.7. The smallest absolute Gasteiger partial charge is 0.225 e. The lowest BCUT2D eigenvalue weighted by atomic mass is 9.97. The van der Waals surface area contributed by atoms with Crippen molar-refractivity contribution in [3.63, 3.8) is 0 Å². The second-order valence-corrected chi connectivity index (χ2v) is 7.23. The van der Waals surface area contributed by atoms with Crippen LogP contribution in [0.25, 0.3) is 10.6 Å². The highest BCUT2D eigenvalue weighted by Gasteiger charge is 2.13. The van der Waals surface area contributed by atoms with Gasteiger partial charge in [0.25, 0.3) is 0 Å². The molecule has 0 saturated heterocycles. The number of amides is 1. The lowest BCUT2D eigenvalue weighted by Gasteiger charge is -2.12. The number of rotatable bonds is 6. The van der Waals surface area contributed by atoms with Crippen molar-refractivity contribution < 1.29 is 4.79 Å². The minimum Gasteiger partial charge on any atom is -0.355 e. The highest BCUT2D eigenvalue weighted by molar-refractivity contribution is 7.15. The third kappa shape index (κ3) is 4.51. The minimum atomic E-state index is 0.0828. The number of aryl methyl sites for hydroxylation is 1. The van der Waals surface area contributed by atoms with E-state index in [9.17, 15) is 4.79 Å². The molecule has 126 valence electrons. The highest BCUT2D eigenvalue weighted by atomic mass is 32.1. The predicted octanol–water partition coefficient (Wildman–Crippen LogP) is 4.06. The molecule has 4 nitrogen and oxygen atoms in total. The van der Waals surface area contributed by atoms with Crippen molar-refractivity contribution in [2.75, 3.05) is 6.54 Å². The van der Waals surface area contributed by atoms with Gasteiger partial charge in [0.05, 0.1) is 12.1 Å². The number of nitrogens with one attached hydrogen (secondary N) is 1. The summed E-state index contributed by atoms with van der Waals surface area (Å²) in [6.45, 7) is 2.70. The van der Waals surface area contributed by atoms with Crippen LogP contribution in [0.3, 0.4) is 0 Å². The average molecular weight is 341 g/mol. The van der Waals surface area contributed by atoms with Crippen molar-refractivity contribution in [2.24, 2.45) is 0 Å². The highest BCUT2D eigenvalue weighted by Crippen LogP contribution is 2.27. The fourth-order valence-corrected chi connectivity index (χ4v) is 3.98. The second kappa shape index (κ2) is 8.20. The first-order valence-electron chi connectivity index (χ1n) is 8.53. The third-order valence-electron chi connectivity index (χ3n) is 4.29. The molecule has 0 aromatic carbocycles. The zero-order chi connectivity index (χ0) is 16.8. The number of nitrogens with zero attached hydrogens (tertiary/aromatic N) is 2. The van der Waals surface area contributed by atoms with E-state index in [1.54, 1.807) is 23.7 Å². The summed E-state index contributed by atoms with van der Waals surface area (Å²) in [5, 5.41) is 3.99. The predicted molar refractivity (Wildman–Crippen MR) is 98.0 cm³/mol. The summed E-state index contributed by atoms with van der Waals surface area (Å²) in [4.78, 5) is 21.8. The molecule has 0 saturated carbocycles. The Morgan fingerprint density at radius 1 is 1.29 bits per heavy atom. The van der Waals surface area contributed by atoms with Gasteiger partial charge in [0, 0.05) is 29.4 Å². The summed E-state index contributed by atoms with van der Waals surface area (Å²) in [6.07, 6.45) is 12.2. The zero-order valence-electron chi connectivity index (χ0n) is 14.0. The van der Waals surface area contributed by atoms with Gasteiger partial charge < -0.3 is 5.32 Å². The number of pyridine rings is 1. The Morgan fingerprint density at radius 2 is 2.12 bits per heavy atom. The fourth-order valence-electron chi connectivity index (χ4n) is 2.91. The maximum absolute atomic E-state index is 12.2. The Bertz CT molecular complexity index is 721. The van der Waals surface area contributed by atoms with Crippen LogP contribution < -0.4 is 5.32 Å². The number of hydrogen-bond donors (Lipinski definition) is 1. The van der Waals surface area contributed by atoms with Crippen LogP contribution in [0.15, 0.2) is 36.2 Å². The Hall–Kier alpha value is -2.01. The molecule has 1 aliphatic carbocycles. The normalized spacial score (nSPS) is 14.3. The van der Waals surface area contributed by atoms with Crippen molar-refractivity contribution in [1.29, 1.82) is 0 Å². The summed E-state index contributed by atoms with van der Waals surface area (Å²) in [7, 11) is 0. The second-order valence-electron chi connectivity index (χ2n) is 6.15. The first-order valence-corrected chi connectivity index (χ1v) is 9.35. The topological polar surface area (TPSA) is 54.9 Å². The lowest BCUT2D eigenvalue weighted by Crippen LogP contribution is -2.26. The van der Waals surface area contributed by atoms with Crippen LogP contribution in [0.2, 0.25) is 0 Å². The Balaban J connectivity index is 1.53. The van der Waals surface area contributed by atoms with E-state index in [-0.39, 0.29) is 5.91 Å². The number of carbonyl (C=O) groups is 1. The van der Waals surface area contributed by atoms with Crippen LogP contribution in [0, 0.1) is 6.92 Å². The Morgan fingerprint density at radius 3 is 2.88 bits per heavy atom. The van der Waals surface area contributed by atoms with Gasteiger partial charge in [-0.25, -0.2) is 4.98 Å². The summed E-state index contributed by atoms with van der Waals surface area (Å²) in [5.74, 6) is 0.0828. The van der Waals surface area contributed by atoms with E-state index in [2.05, 4.69) is 21.4 Å². The van der Waals surface area contributed by atoms with Crippen molar-refractivity contribution >= 4 is 17.2 Å². The molecule has 1 N–H and O–H groups in total. The van der Waals surface area contributed by atoms with Crippen molar-refractivity contribution in [3.05, 3.63) is 46.7 Å². The summed E-state index contributed by atoms with van der Waals surface area (Å²) in [6, 6.07) is 3.89. The van der Waals surface area contributed by atoms with Crippen LogP contribution >= 0.6 is 11.3 Å². The molecule has 1 amide bonds. The van der Waals surface area contributed by atoms with Gasteiger partial charge in [-0.1, -0.05) is 11.6 Å². The quantitative estimate of drug-likeness (QED) is 0.806. The maximum atomic E-state index is 12.2. The molecule has 0 unspecified atom stereocenters. The molecule has 2 heterocycles. The van der Waals surface area contributed by atoms with Crippen molar-refractivity contribution in [3.8, 4) is 10.6 Å². The molecule has 0 bridgehead atoms. The molecule has 0 radical (unpaired) electrons. The van der Waals surface area contributed by atoms with Crippen LogP contribution in [-0.4, -0.2) is 22.4 Å². The van der Waals surface area contributed by atoms with Gasteiger partial charge in [-0.3, -0.25) is 9.78 Å². The molecule has 0 spiro atoms. The number of carbonyl (C=O) groups excluding carboxylic acids is 1. The summed E-state index contributed by atoms with van der Waals surface area (Å²) in [5.41, 5.74) is 3.49. The molecule has 0 aliphatic heterocycles. The van der Waals surface area contributed by atoms with Gasteiger partial charge in [0.1, 0.15) is 5.01 Å². The molecule has 2 aromatic rings. The Kier molecular flexibility index (Phi) is 5.75. The van der Waals surface area contributed by atoms with Gasteiger partial charge in [-0.2, -0.15) is 0 Å². The van der Waals surface area contributed by atoms with E-state index < -0.39 is 0 Å². The molecule has 3 rings (SSSR count). The molecule has 0 fully saturated rings. The fraction of sp³-hybridized carbons (Fsp3) is 0.421. The average Bonchev–Trinajstić information content (AvgIpc) is 2.97. The van der Waals surface area contributed by atoms with Gasteiger partial charge in [0.15, 0.2) is 0 Å². The van der Waals surface area contributed by atoms with Crippen LogP contribution in [0.4, 0.5) is 0 Å². The van der Waals surface area contributed by atoms with E-state index in [4.69, 9.17) is 0 Å². The summed E-state index contributed by atoms with van der Waals surface area (Å²) >= 11 is 1.59. The number of hydrogen-bond acceptors (Lipinski definition) is 4. The monoisotopic (exact) mass is 341 g/mol. The molecule has 24 heavy (non-hydrogen) atoms. The van der Waals surface area contributed by atoms with Gasteiger partial charge in [-0.15, -0.1) is 11.3 Å². The number of allylic oxidation sites excluding steroid dienone is 1. The van der Waals surface area contributed by atoms with E-state index in [1.165, 1.54) is 31.3 Å². The summed E-state index contributed by atoms with van der Waals surface area (Å²) < 4.78 is 0. The third-order valence-corrected chi connectivity index (χ3v) is 5.50. The van der Waals surface area contributed by atoms with E-state index in [1.807, 2.05) is 19.1 Å². The van der Waals surface area contributed by atoms with E-state index in [0.717, 1.165) is 34.1 Å².